The number of anilines is 1. The largest absolute Gasteiger partial charge is 0.455 e. The SMILES string of the molecule is COC[C@H]1NC(=O)CC/C=C\[C@H]2O[C@]34C=CCN(c5c(C)cccc5C)C(=O)[C@H]3N(CCCO)C(=O)[C@@H]4[C@H]2C(=O)O[C@@H]1c1ccccc1. The van der Waals surface area contributed by atoms with Crippen LogP contribution in [0.15, 0.2) is 72.8 Å². The fourth-order valence-electron chi connectivity index (χ4n) is 7.80. The summed E-state index contributed by atoms with van der Waals surface area (Å²) in [6, 6.07) is 13.1. The standard InChI is InChI=1S/C37H43N3O8/c1-23-12-9-13-24(2)31(23)39-19-10-18-37-30(34(43)40(20-11-21-41)33(37)35(39)44)29-27(48-37)16-7-8-17-28(42)38-26(22-46-3)32(47-36(29)45)25-14-5-4-6-15-25/h4-7,9-10,12-16,18,26-27,29-30,32-33,41H,8,11,17,19-22H2,1-3H3,(H,38,42)/b16-7-/t26-,27-,29+,30+,32-,33-,37+/m1/s1. The van der Waals surface area contributed by atoms with Crippen molar-refractivity contribution in [2.45, 2.75) is 63.0 Å². The molecule has 11 nitrogen and oxygen atoms in total. The van der Waals surface area contributed by atoms with Crippen LogP contribution >= 0.6 is 0 Å². The molecule has 0 aliphatic carbocycles. The van der Waals surface area contributed by atoms with Crippen molar-refractivity contribution in [2.24, 2.45) is 11.8 Å². The molecule has 1 spiro atoms. The minimum Gasteiger partial charge on any atom is -0.455 e. The Balaban J connectivity index is 1.45. The minimum atomic E-state index is -1.48. The average Bonchev–Trinajstić information content (AvgIpc) is 3.45. The van der Waals surface area contributed by atoms with Gasteiger partial charge < -0.3 is 34.4 Å². The summed E-state index contributed by atoms with van der Waals surface area (Å²) < 4.78 is 18.5. The van der Waals surface area contributed by atoms with E-state index in [1.807, 2.05) is 68.5 Å². The molecule has 254 valence electrons. The zero-order valence-electron chi connectivity index (χ0n) is 27.5. The van der Waals surface area contributed by atoms with Crippen molar-refractivity contribution in [1.29, 1.82) is 0 Å². The van der Waals surface area contributed by atoms with E-state index in [4.69, 9.17) is 14.2 Å². The molecule has 7 atom stereocenters. The first-order chi connectivity index (χ1) is 23.2. The van der Waals surface area contributed by atoms with E-state index in [1.54, 1.807) is 23.1 Å². The van der Waals surface area contributed by atoms with Gasteiger partial charge in [-0.25, -0.2) is 0 Å². The number of likely N-dealkylation sites (tertiary alicyclic amines) is 1. The van der Waals surface area contributed by atoms with Crippen LogP contribution in [0.3, 0.4) is 0 Å². The first-order valence-corrected chi connectivity index (χ1v) is 16.6. The lowest BCUT2D eigenvalue weighted by molar-refractivity contribution is -0.162. The second-order valence-electron chi connectivity index (χ2n) is 12.9. The van der Waals surface area contributed by atoms with Crippen molar-refractivity contribution in [2.75, 3.05) is 38.3 Å². The average molecular weight is 658 g/mol. The summed E-state index contributed by atoms with van der Waals surface area (Å²) in [4.78, 5) is 60.0. The van der Waals surface area contributed by atoms with Crippen molar-refractivity contribution >= 4 is 29.4 Å². The van der Waals surface area contributed by atoms with Crippen LogP contribution in [0, 0.1) is 25.7 Å². The fourth-order valence-corrected chi connectivity index (χ4v) is 7.80. The Hall–Kier alpha value is -4.32. The summed E-state index contributed by atoms with van der Waals surface area (Å²) in [6.45, 7) is 4.14. The Kier molecular flexibility index (Phi) is 9.82. The number of amides is 3. The van der Waals surface area contributed by atoms with Gasteiger partial charge in [-0.15, -0.1) is 0 Å². The predicted octanol–water partition coefficient (Wildman–Crippen LogP) is 2.94. The van der Waals surface area contributed by atoms with E-state index in [1.165, 1.54) is 12.0 Å². The number of aliphatic hydroxyl groups is 1. The van der Waals surface area contributed by atoms with E-state index in [-0.39, 0.29) is 51.0 Å². The molecule has 48 heavy (non-hydrogen) atoms. The maximum absolute atomic E-state index is 14.8. The monoisotopic (exact) mass is 657 g/mol. The van der Waals surface area contributed by atoms with E-state index >= 15 is 0 Å². The van der Waals surface area contributed by atoms with Gasteiger partial charge in [0.25, 0.3) is 5.91 Å². The molecule has 6 rings (SSSR count). The van der Waals surface area contributed by atoms with E-state index in [0.717, 1.165) is 16.8 Å². The number of para-hydroxylation sites is 1. The number of benzene rings is 2. The Labute approximate surface area is 280 Å². The number of nitrogens with one attached hydrogen (secondary N) is 1. The van der Waals surface area contributed by atoms with Gasteiger partial charge in [-0.05, 0) is 43.4 Å². The van der Waals surface area contributed by atoms with Crippen LogP contribution in [-0.4, -0.2) is 90.9 Å². The molecule has 0 aromatic heterocycles. The van der Waals surface area contributed by atoms with Crippen LogP contribution < -0.4 is 10.2 Å². The number of rotatable bonds is 7. The van der Waals surface area contributed by atoms with E-state index < -0.39 is 53.6 Å². The molecule has 0 radical (unpaired) electrons. The summed E-state index contributed by atoms with van der Waals surface area (Å²) >= 11 is 0. The van der Waals surface area contributed by atoms with Crippen LogP contribution in [0.1, 0.15) is 42.1 Å². The molecule has 0 saturated carbocycles. The van der Waals surface area contributed by atoms with Gasteiger partial charge in [-0.2, -0.15) is 0 Å². The number of hydrogen-bond acceptors (Lipinski definition) is 8. The van der Waals surface area contributed by atoms with Crippen LogP contribution in [-0.2, 0) is 33.4 Å². The van der Waals surface area contributed by atoms with Crippen molar-refractivity contribution in [3.8, 4) is 0 Å². The topological polar surface area (TPSA) is 135 Å². The van der Waals surface area contributed by atoms with Crippen molar-refractivity contribution in [3.05, 3.63) is 89.5 Å². The number of hydrogen-bond donors (Lipinski definition) is 2. The number of carbonyl (C=O) groups excluding carboxylic acids is 4. The fraction of sp³-hybridized carbons (Fsp3) is 0.459. The summed E-state index contributed by atoms with van der Waals surface area (Å²) in [5.41, 5.74) is 1.77. The Morgan fingerprint density at radius 2 is 1.75 bits per heavy atom. The van der Waals surface area contributed by atoms with Gasteiger partial charge in [-0.3, -0.25) is 19.2 Å². The van der Waals surface area contributed by atoms with Gasteiger partial charge in [0.1, 0.15) is 23.7 Å². The number of allylic oxidation sites excluding steroid dienone is 1. The zero-order chi connectivity index (χ0) is 34.0. The lowest BCUT2D eigenvalue weighted by Gasteiger charge is -2.36. The van der Waals surface area contributed by atoms with E-state index in [0.29, 0.717) is 12.0 Å². The third kappa shape index (κ3) is 5.95. The van der Waals surface area contributed by atoms with E-state index in [2.05, 4.69) is 5.32 Å². The summed E-state index contributed by atoms with van der Waals surface area (Å²) in [5.74, 6) is -3.79. The molecule has 3 amide bonds. The molecular formula is C37H43N3O8. The number of methoxy groups -OCH3 is 1. The van der Waals surface area contributed by atoms with Crippen molar-refractivity contribution in [3.63, 3.8) is 0 Å². The molecule has 11 heteroatoms. The van der Waals surface area contributed by atoms with Crippen LogP contribution in [0.4, 0.5) is 5.69 Å². The second kappa shape index (κ2) is 14.0. The molecule has 2 fully saturated rings. The Morgan fingerprint density at radius 3 is 2.46 bits per heavy atom. The molecule has 4 aliphatic rings. The Morgan fingerprint density at radius 1 is 1.00 bits per heavy atom. The normalized spacial score (nSPS) is 31.2. The van der Waals surface area contributed by atoms with Gasteiger partial charge in [0.2, 0.25) is 11.8 Å². The number of aryl methyl sites for hydroxylation is 2. The molecule has 2 N–H and O–H groups in total. The van der Waals surface area contributed by atoms with Gasteiger partial charge >= 0.3 is 5.97 Å². The number of carbonyl (C=O) groups is 4. The van der Waals surface area contributed by atoms with Gasteiger partial charge in [0, 0.05) is 38.9 Å². The maximum atomic E-state index is 14.8. The molecule has 2 aromatic carbocycles. The number of aliphatic hydroxyl groups excluding tert-OH is 1. The molecule has 4 heterocycles. The predicted molar refractivity (Wildman–Crippen MR) is 177 cm³/mol. The smallest absolute Gasteiger partial charge is 0.313 e. The third-order valence-electron chi connectivity index (χ3n) is 9.83. The van der Waals surface area contributed by atoms with Crippen molar-refractivity contribution in [1.82, 2.24) is 10.2 Å². The lowest BCUT2D eigenvalue weighted by Crippen LogP contribution is -2.55. The van der Waals surface area contributed by atoms with Crippen LogP contribution in [0.5, 0.6) is 0 Å². The van der Waals surface area contributed by atoms with E-state index in [9.17, 15) is 24.3 Å². The van der Waals surface area contributed by atoms with Crippen LogP contribution in [0.2, 0.25) is 0 Å². The summed E-state index contributed by atoms with van der Waals surface area (Å²) in [7, 11) is 1.51. The first kappa shape index (κ1) is 33.6. The summed E-state index contributed by atoms with van der Waals surface area (Å²) in [6.07, 6.45) is 6.08. The number of esters is 1. The highest BCUT2D eigenvalue weighted by atomic mass is 16.6. The quantitative estimate of drug-likeness (QED) is 0.343. The number of ether oxygens (including phenoxy) is 3. The van der Waals surface area contributed by atoms with Gasteiger partial charge in [0.15, 0.2) is 0 Å². The number of fused-ring (bicyclic) bond motifs is 2. The molecule has 2 aromatic rings. The highest BCUT2D eigenvalue weighted by molar-refractivity contribution is 6.06. The minimum absolute atomic E-state index is 0.0771. The molecule has 0 unspecified atom stereocenters. The zero-order valence-corrected chi connectivity index (χ0v) is 27.5. The first-order valence-electron chi connectivity index (χ1n) is 16.6. The molecule has 2 saturated heterocycles. The van der Waals surface area contributed by atoms with Gasteiger partial charge in [0.05, 0.1) is 24.7 Å². The van der Waals surface area contributed by atoms with Crippen molar-refractivity contribution < 1.29 is 38.5 Å². The Bertz CT molecular complexity index is 1590. The molecule has 0 bridgehead atoms. The molecule has 4 aliphatic heterocycles. The van der Waals surface area contributed by atoms with Crippen LogP contribution in [0.25, 0.3) is 0 Å². The highest BCUT2D eigenvalue weighted by Gasteiger charge is 2.72. The third-order valence-corrected chi connectivity index (χ3v) is 9.83. The number of nitrogens with zero attached hydrogens (tertiary/aromatic N) is 2. The van der Waals surface area contributed by atoms with Gasteiger partial charge in [-0.1, -0.05) is 72.8 Å². The number of cyclic esters (lactones) is 1. The maximum Gasteiger partial charge on any atom is 0.313 e. The molecular weight excluding hydrogens is 614 g/mol. The summed E-state index contributed by atoms with van der Waals surface area (Å²) in [5, 5.41) is 12.7. The highest BCUT2D eigenvalue weighted by Crippen LogP contribution is 2.53. The lowest BCUT2D eigenvalue weighted by atomic mass is 9.77. The second-order valence-corrected chi connectivity index (χ2v) is 12.9.